The van der Waals surface area contributed by atoms with Gasteiger partial charge in [0.1, 0.15) is 5.75 Å². The van der Waals surface area contributed by atoms with Crippen LogP contribution in [0.5, 0.6) is 5.75 Å². The molecule has 0 aromatic heterocycles. The first-order chi connectivity index (χ1) is 8.63. The minimum Gasteiger partial charge on any atom is -0.496 e. The van der Waals surface area contributed by atoms with Crippen LogP contribution in [0.2, 0.25) is 0 Å². The lowest BCUT2D eigenvalue weighted by molar-refractivity contribution is 0.102. The topological polar surface area (TPSA) is 26.3 Å². The first kappa shape index (κ1) is 13.0. The summed E-state index contributed by atoms with van der Waals surface area (Å²) in [4.78, 5) is 12.2. The van der Waals surface area contributed by atoms with Crippen molar-refractivity contribution >= 4 is 27.5 Å². The summed E-state index contributed by atoms with van der Waals surface area (Å²) in [5.74, 6) is 1.63. The largest absolute Gasteiger partial charge is 0.496 e. The zero-order valence-corrected chi connectivity index (χ0v) is 11.7. The number of benzene rings is 2. The second-order valence-electron chi connectivity index (χ2n) is 4.41. The summed E-state index contributed by atoms with van der Waals surface area (Å²) in [6.45, 7) is 0. The molecule has 0 unspecified atom stereocenters. The minimum absolute atomic E-state index is 0.123. The summed E-state index contributed by atoms with van der Waals surface area (Å²) >= 11 is 0. The van der Waals surface area contributed by atoms with E-state index in [1.807, 2.05) is 36.4 Å². The van der Waals surface area contributed by atoms with Gasteiger partial charge in [0.05, 0.1) is 19.6 Å². The quantitative estimate of drug-likeness (QED) is 0.625. The molecule has 2 aromatic rings. The normalized spacial score (nSPS) is 10.9. The Labute approximate surface area is 110 Å². The molecule has 2 nitrogen and oxygen atoms in total. The summed E-state index contributed by atoms with van der Waals surface area (Å²) in [7, 11) is 1.77. The highest BCUT2D eigenvalue weighted by Crippen LogP contribution is 2.28. The standard InChI is InChI=1S/C15H17O2S/c1-17-15-9-8-12(14(16)10-18(2)3)11-6-4-5-7-13(11)15/h4-9H,10H2,1-3H3/q+1. The number of hydrogen-bond donors (Lipinski definition) is 0. The van der Waals surface area contributed by atoms with Crippen molar-refractivity contribution in [1.82, 2.24) is 0 Å². The highest BCUT2D eigenvalue weighted by molar-refractivity contribution is 7.96. The first-order valence-corrected chi connectivity index (χ1v) is 7.97. The Bertz CT molecular complexity index is 576. The van der Waals surface area contributed by atoms with Gasteiger partial charge in [-0.3, -0.25) is 4.79 Å². The molecule has 0 aliphatic carbocycles. The van der Waals surface area contributed by atoms with Crippen LogP contribution in [0.3, 0.4) is 0 Å². The Hall–Kier alpha value is -1.48. The Morgan fingerprint density at radius 1 is 1.11 bits per heavy atom. The van der Waals surface area contributed by atoms with Gasteiger partial charge in [-0.15, -0.1) is 0 Å². The Morgan fingerprint density at radius 2 is 1.78 bits per heavy atom. The first-order valence-electron chi connectivity index (χ1n) is 5.76. The molecule has 0 aliphatic heterocycles. The second kappa shape index (κ2) is 5.44. The van der Waals surface area contributed by atoms with Crippen molar-refractivity contribution in [3.05, 3.63) is 42.0 Å². The summed E-state index contributed by atoms with van der Waals surface area (Å²) in [5, 5.41) is 1.98. The number of ketones is 1. The van der Waals surface area contributed by atoms with E-state index in [9.17, 15) is 4.79 Å². The van der Waals surface area contributed by atoms with Gasteiger partial charge in [-0.2, -0.15) is 0 Å². The van der Waals surface area contributed by atoms with Crippen LogP contribution in [0.1, 0.15) is 10.4 Å². The Balaban J connectivity index is 2.56. The molecule has 0 spiro atoms. The smallest absolute Gasteiger partial charge is 0.212 e. The molecule has 0 amide bonds. The Morgan fingerprint density at radius 3 is 2.39 bits per heavy atom. The number of carbonyl (C=O) groups excluding carboxylic acids is 1. The molecular weight excluding hydrogens is 244 g/mol. The van der Waals surface area contributed by atoms with Crippen molar-refractivity contribution in [2.75, 3.05) is 25.4 Å². The molecule has 0 radical (unpaired) electrons. The number of hydrogen-bond acceptors (Lipinski definition) is 2. The van der Waals surface area contributed by atoms with Crippen molar-refractivity contribution < 1.29 is 9.53 Å². The number of methoxy groups -OCH3 is 1. The van der Waals surface area contributed by atoms with E-state index in [2.05, 4.69) is 12.5 Å². The summed E-state index contributed by atoms with van der Waals surface area (Å²) in [5.41, 5.74) is 0.799. The molecule has 0 atom stereocenters. The molecule has 0 N–H and O–H groups in total. The molecule has 0 bridgehead atoms. The molecule has 3 heteroatoms. The number of rotatable bonds is 4. The number of ether oxygens (including phenoxy) is 1. The maximum atomic E-state index is 12.2. The number of Topliss-reactive ketones (excluding diaryl/α,β-unsaturated/α-hetero) is 1. The van der Waals surface area contributed by atoms with Crippen LogP contribution in [0.15, 0.2) is 36.4 Å². The third kappa shape index (κ3) is 2.51. The van der Waals surface area contributed by atoms with Crippen LogP contribution in [-0.2, 0) is 10.9 Å². The highest BCUT2D eigenvalue weighted by Gasteiger charge is 2.17. The second-order valence-corrected chi connectivity index (χ2v) is 6.67. The predicted molar refractivity (Wildman–Crippen MR) is 78.9 cm³/mol. The van der Waals surface area contributed by atoms with E-state index in [0.29, 0.717) is 5.75 Å². The van der Waals surface area contributed by atoms with E-state index >= 15 is 0 Å². The summed E-state index contributed by atoms with van der Waals surface area (Å²) in [6, 6.07) is 11.6. The van der Waals surface area contributed by atoms with Gasteiger partial charge in [0.2, 0.25) is 5.78 Å². The monoisotopic (exact) mass is 261 g/mol. The van der Waals surface area contributed by atoms with Crippen LogP contribution >= 0.6 is 0 Å². The fourth-order valence-corrected chi connectivity index (χ4v) is 2.71. The molecule has 0 saturated carbocycles. The Kier molecular flexibility index (Phi) is 3.92. The molecule has 18 heavy (non-hydrogen) atoms. The van der Waals surface area contributed by atoms with Gasteiger partial charge >= 0.3 is 0 Å². The van der Waals surface area contributed by atoms with Gasteiger partial charge in [-0.05, 0) is 28.4 Å². The van der Waals surface area contributed by atoms with Gasteiger partial charge in [0.25, 0.3) is 0 Å². The van der Waals surface area contributed by atoms with Crippen molar-refractivity contribution in [3.8, 4) is 5.75 Å². The van der Waals surface area contributed by atoms with Crippen molar-refractivity contribution in [3.63, 3.8) is 0 Å². The SMILES string of the molecule is COc1ccc(C(=O)C[S+](C)C)c2ccccc12. The maximum absolute atomic E-state index is 12.2. The van der Waals surface area contributed by atoms with Crippen LogP contribution in [0.4, 0.5) is 0 Å². The average Bonchev–Trinajstić information content (AvgIpc) is 2.36. The van der Waals surface area contributed by atoms with Crippen LogP contribution in [0.25, 0.3) is 10.8 Å². The molecule has 94 valence electrons. The molecule has 2 aromatic carbocycles. The van der Waals surface area contributed by atoms with E-state index < -0.39 is 0 Å². The van der Waals surface area contributed by atoms with Crippen molar-refractivity contribution in [1.29, 1.82) is 0 Å². The number of fused-ring (bicyclic) bond motifs is 1. The third-order valence-corrected chi connectivity index (χ3v) is 3.66. The van der Waals surface area contributed by atoms with Gasteiger partial charge in [-0.1, -0.05) is 24.3 Å². The van der Waals surface area contributed by atoms with E-state index in [-0.39, 0.29) is 16.7 Å². The maximum Gasteiger partial charge on any atom is 0.212 e. The lowest BCUT2D eigenvalue weighted by Gasteiger charge is -2.09. The predicted octanol–water partition coefficient (Wildman–Crippen LogP) is 2.91. The fraction of sp³-hybridized carbons (Fsp3) is 0.267. The third-order valence-electron chi connectivity index (χ3n) is 2.82. The minimum atomic E-state index is 0.123. The van der Waals surface area contributed by atoms with Gasteiger partial charge in [-0.25, -0.2) is 0 Å². The van der Waals surface area contributed by atoms with Crippen molar-refractivity contribution in [2.24, 2.45) is 0 Å². The molecule has 0 fully saturated rings. The van der Waals surface area contributed by atoms with Gasteiger partial charge < -0.3 is 4.74 Å². The zero-order valence-electron chi connectivity index (χ0n) is 10.9. The molecular formula is C15H17O2S+. The molecule has 0 aliphatic rings. The lowest BCUT2D eigenvalue weighted by atomic mass is 10.0. The van der Waals surface area contributed by atoms with Crippen LogP contribution in [-0.4, -0.2) is 31.2 Å². The van der Waals surface area contributed by atoms with E-state index in [1.165, 1.54) is 0 Å². The number of carbonyl (C=O) groups is 1. The molecule has 0 saturated heterocycles. The van der Waals surface area contributed by atoms with E-state index in [4.69, 9.17) is 4.74 Å². The van der Waals surface area contributed by atoms with Crippen molar-refractivity contribution in [2.45, 2.75) is 0 Å². The van der Waals surface area contributed by atoms with E-state index in [0.717, 1.165) is 22.1 Å². The summed E-state index contributed by atoms with van der Waals surface area (Å²) in [6.07, 6.45) is 4.17. The fourth-order valence-electron chi connectivity index (χ4n) is 2.03. The van der Waals surface area contributed by atoms with E-state index in [1.54, 1.807) is 7.11 Å². The van der Waals surface area contributed by atoms with Gasteiger partial charge in [0.15, 0.2) is 5.75 Å². The highest BCUT2D eigenvalue weighted by atomic mass is 32.2. The zero-order chi connectivity index (χ0) is 13.1. The summed E-state index contributed by atoms with van der Waals surface area (Å²) < 4.78 is 5.33. The average molecular weight is 261 g/mol. The van der Waals surface area contributed by atoms with Crippen LogP contribution < -0.4 is 4.74 Å². The molecule has 2 rings (SSSR count). The van der Waals surface area contributed by atoms with Crippen LogP contribution in [0, 0.1) is 0 Å². The van der Waals surface area contributed by atoms with Gasteiger partial charge in [0, 0.05) is 10.9 Å². The lowest BCUT2D eigenvalue weighted by Crippen LogP contribution is -2.14. The molecule has 0 heterocycles.